The minimum absolute atomic E-state index is 0.162. The standard InChI is InChI=1S/C9H6FNO/c1-5-9(12)7-3-2-6(10)4-8(7)11-5/h2-4,11H,1H2. The largest absolute Gasteiger partial charge is 0.352 e. The third-order valence-corrected chi connectivity index (χ3v) is 1.79. The van der Waals surface area contributed by atoms with Crippen molar-refractivity contribution in [1.82, 2.24) is 0 Å². The Hall–Kier alpha value is -1.64. The zero-order valence-electron chi connectivity index (χ0n) is 6.23. The first kappa shape index (κ1) is 7.03. The van der Waals surface area contributed by atoms with Crippen LogP contribution in [-0.2, 0) is 0 Å². The number of ketones is 1. The van der Waals surface area contributed by atoms with Gasteiger partial charge in [-0.3, -0.25) is 4.79 Å². The van der Waals surface area contributed by atoms with Gasteiger partial charge in [-0.2, -0.15) is 0 Å². The maximum absolute atomic E-state index is 12.6. The Morgan fingerprint density at radius 2 is 2.17 bits per heavy atom. The normalized spacial score (nSPS) is 14.4. The second kappa shape index (κ2) is 2.17. The summed E-state index contributed by atoms with van der Waals surface area (Å²) in [6.07, 6.45) is 0. The minimum Gasteiger partial charge on any atom is -0.352 e. The number of hydrogen-bond acceptors (Lipinski definition) is 2. The summed E-state index contributed by atoms with van der Waals surface area (Å²) >= 11 is 0. The molecular formula is C9H6FNO. The number of nitrogens with one attached hydrogen (secondary N) is 1. The van der Waals surface area contributed by atoms with Crippen LogP contribution in [0, 0.1) is 5.82 Å². The highest BCUT2D eigenvalue weighted by Gasteiger charge is 2.22. The molecule has 1 aliphatic rings. The van der Waals surface area contributed by atoms with E-state index in [1.807, 2.05) is 0 Å². The summed E-state index contributed by atoms with van der Waals surface area (Å²) in [4.78, 5) is 11.2. The number of halogens is 1. The number of fused-ring (bicyclic) bond motifs is 1. The minimum atomic E-state index is -0.358. The van der Waals surface area contributed by atoms with Gasteiger partial charge in [-0.25, -0.2) is 4.39 Å². The maximum Gasteiger partial charge on any atom is 0.210 e. The Morgan fingerprint density at radius 1 is 1.42 bits per heavy atom. The van der Waals surface area contributed by atoms with Gasteiger partial charge in [-0.05, 0) is 18.2 Å². The number of rotatable bonds is 0. The Bertz CT molecular complexity index is 384. The molecule has 2 nitrogen and oxygen atoms in total. The molecule has 1 aromatic rings. The van der Waals surface area contributed by atoms with Gasteiger partial charge in [0.1, 0.15) is 5.82 Å². The molecule has 0 spiro atoms. The number of hydrogen-bond donors (Lipinski definition) is 1. The lowest BCUT2D eigenvalue weighted by atomic mass is 10.1. The van der Waals surface area contributed by atoms with Crippen molar-refractivity contribution in [2.45, 2.75) is 0 Å². The van der Waals surface area contributed by atoms with Crippen LogP contribution in [0.2, 0.25) is 0 Å². The fraction of sp³-hybridized carbons (Fsp3) is 0. The third-order valence-electron chi connectivity index (χ3n) is 1.79. The van der Waals surface area contributed by atoms with Crippen LogP contribution >= 0.6 is 0 Å². The monoisotopic (exact) mass is 163 g/mol. The fourth-order valence-electron chi connectivity index (χ4n) is 1.20. The van der Waals surface area contributed by atoms with Gasteiger partial charge in [-0.15, -0.1) is 0 Å². The van der Waals surface area contributed by atoms with Crippen molar-refractivity contribution in [2.24, 2.45) is 0 Å². The molecule has 1 N–H and O–H groups in total. The van der Waals surface area contributed by atoms with Crippen LogP contribution < -0.4 is 5.32 Å². The van der Waals surface area contributed by atoms with Crippen molar-refractivity contribution in [3.63, 3.8) is 0 Å². The van der Waals surface area contributed by atoms with Gasteiger partial charge < -0.3 is 5.32 Å². The molecule has 1 aliphatic heterocycles. The van der Waals surface area contributed by atoms with Gasteiger partial charge in [-0.1, -0.05) is 6.58 Å². The van der Waals surface area contributed by atoms with E-state index >= 15 is 0 Å². The molecule has 0 aromatic heterocycles. The Morgan fingerprint density at radius 3 is 2.92 bits per heavy atom. The van der Waals surface area contributed by atoms with E-state index in [-0.39, 0.29) is 11.6 Å². The maximum atomic E-state index is 12.6. The Kier molecular flexibility index (Phi) is 1.27. The smallest absolute Gasteiger partial charge is 0.210 e. The molecule has 3 heteroatoms. The molecule has 2 rings (SSSR count). The van der Waals surface area contributed by atoms with E-state index in [0.717, 1.165) is 0 Å². The second-order valence-electron chi connectivity index (χ2n) is 2.62. The number of benzene rings is 1. The third kappa shape index (κ3) is 0.830. The van der Waals surface area contributed by atoms with Crippen molar-refractivity contribution in [1.29, 1.82) is 0 Å². The number of anilines is 1. The van der Waals surface area contributed by atoms with Crippen LogP contribution in [0.3, 0.4) is 0 Å². The Balaban J connectivity index is 2.62. The lowest BCUT2D eigenvalue weighted by Crippen LogP contribution is -1.96. The summed E-state index contributed by atoms with van der Waals surface area (Å²) in [5.41, 5.74) is 1.29. The number of Topliss-reactive ketones (excluding diaryl/α,β-unsaturated/α-hetero) is 1. The van der Waals surface area contributed by atoms with E-state index in [9.17, 15) is 9.18 Å². The summed E-state index contributed by atoms with van der Waals surface area (Å²) in [6.45, 7) is 3.50. The average molecular weight is 163 g/mol. The molecule has 0 aliphatic carbocycles. The van der Waals surface area contributed by atoms with Crippen molar-refractivity contribution >= 4 is 11.5 Å². The molecule has 0 unspecified atom stereocenters. The van der Waals surface area contributed by atoms with Gasteiger partial charge in [0.2, 0.25) is 5.78 Å². The molecule has 0 saturated heterocycles. The quantitative estimate of drug-likeness (QED) is 0.592. The van der Waals surface area contributed by atoms with E-state index in [1.54, 1.807) is 0 Å². The summed E-state index contributed by atoms with van der Waals surface area (Å²) in [7, 11) is 0. The molecular weight excluding hydrogens is 157 g/mol. The first-order valence-corrected chi connectivity index (χ1v) is 3.48. The SMILES string of the molecule is C=C1Nc2cc(F)ccc2C1=O. The second-order valence-corrected chi connectivity index (χ2v) is 2.62. The van der Waals surface area contributed by atoms with Crippen LogP contribution in [0.25, 0.3) is 0 Å². The molecule has 0 bridgehead atoms. The van der Waals surface area contributed by atoms with E-state index in [0.29, 0.717) is 16.9 Å². The predicted octanol–water partition coefficient (Wildman–Crippen LogP) is 1.95. The van der Waals surface area contributed by atoms with Crippen LogP contribution in [0.4, 0.5) is 10.1 Å². The number of carbonyl (C=O) groups is 1. The molecule has 0 amide bonds. The van der Waals surface area contributed by atoms with Crippen LogP contribution in [0.1, 0.15) is 10.4 Å². The first-order valence-electron chi connectivity index (χ1n) is 3.48. The van der Waals surface area contributed by atoms with E-state index in [1.165, 1.54) is 18.2 Å². The predicted molar refractivity (Wildman–Crippen MR) is 43.5 cm³/mol. The van der Waals surface area contributed by atoms with Crippen molar-refractivity contribution in [3.8, 4) is 0 Å². The highest BCUT2D eigenvalue weighted by Crippen LogP contribution is 2.27. The zero-order chi connectivity index (χ0) is 8.72. The van der Waals surface area contributed by atoms with Gasteiger partial charge in [0.25, 0.3) is 0 Å². The van der Waals surface area contributed by atoms with Crippen molar-refractivity contribution in [2.75, 3.05) is 5.32 Å². The molecule has 60 valence electrons. The summed E-state index contributed by atoms with van der Waals surface area (Å²) in [5, 5.41) is 2.70. The molecule has 1 heterocycles. The van der Waals surface area contributed by atoms with Gasteiger partial charge in [0, 0.05) is 5.56 Å². The van der Waals surface area contributed by atoms with Gasteiger partial charge >= 0.3 is 0 Å². The summed E-state index contributed by atoms with van der Waals surface area (Å²) in [5.74, 6) is -0.520. The van der Waals surface area contributed by atoms with Crippen molar-refractivity contribution in [3.05, 3.63) is 41.9 Å². The van der Waals surface area contributed by atoms with Crippen LogP contribution in [0.5, 0.6) is 0 Å². The number of carbonyl (C=O) groups excluding carboxylic acids is 1. The first-order chi connectivity index (χ1) is 5.68. The highest BCUT2D eigenvalue weighted by molar-refractivity contribution is 6.17. The lowest BCUT2D eigenvalue weighted by Gasteiger charge is -1.95. The van der Waals surface area contributed by atoms with Crippen LogP contribution in [0.15, 0.2) is 30.5 Å². The Labute approximate surface area is 68.7 Å². The molecule has 0 radical (unpaired) electrons. The zero-order valence-corrected chi connectivity index (χ0v) is 6.23. The molecule has 0 atom stereocenters. The van der Waals surface area contributed by atoms with E-state index in [4.69, 9.17) is 0 Å². The molecule has 1 aromatic carbocycles. The fourth-order valence-corrected chi connectivity index (χ4v) is 1.20. The van der Waals surface area contributed by atoms with Gasteiger partial charge in [0.15, 0.2) is 0 Å². The molecule has 0 fully saturated rings. The summed E-state index contributed by atoms with van der Waals surface area (Å²) < 4.78 is 12.6. The summed E-state index contributed by atoms with van der Waals surface area (Å²) in [6, 6.07) is 4.00. The number of allylic oxidation sites excluding steroid dienone is 1. The van der Waals surface area contributed by atoms with E-state index in [2.05, 4.69) is 11.9 Å². The van der Waals surface area contributed by atoms with Crippen LogP contribution in [-0.4, -0.2) is 5.78 Å². The van der Waals surface area contributed by atoms with E-state index < -0.39 is 0 Å². The van der Waals surface area contributed by atoms with Crippen molar-refractivity contribution < 1.29 is 9.18 Å². The highest BCUT2D eigenvalue weighted by atomic mass is 19.1. The molecule has 12 heavy (non-hydrogen) atoms. The topological polar surface area (TPSA) is 29.1 Å². The average Bonchev–Trinajstić information content (AvgIpc) is 2.28. The lowest BCUT2D eigenvalue weighted by molar-refractivity contribution is 0.104. The van der Waals surface area contributed by atoms with Gasteiger partial charge in [0.05, 0.1) is 11.4 Å². The molecule has 0 saturated carbocycles.